The number of hydrogen-bond acceptors (Lipinski definition) is 6. The molecule has 3 aromatic rings. The van der Waals surface area contributed by atoms with E-state index in [9.17, 15) is 26.7 Å². The van der Waals surface area contributed by atoms with Crippen LogP contribution in [0.3, 0.4) is 0 Å². The van der Waals surface area contributed by atoms with Crippen LogP contribution in [0.4, 0.5) is 0 Å². The maximum atomic E-state index is 13.5. The summed E-state index contributed by atoms with van der Waals surface area (Å²) in [5.41, 5.74) is 1.03. The normalized spacial score (nSPS) is 18.5. The minimum Gasteiger partial charge on any atom is -0.480 e. The maximum Gasteiger partial charge on any atom is 0.323 e. The molecule has 0 bridgehead atoms. The zero-order valence-electron chi connectivity index (χ0n) is 19.6. The lowest BCUT2D eigenvalue weighted by Gasteiger charge is -2.37. The fourth-order valence-corrected chi connectivity index (χ4v) is 7.30. The van der Waals surface area contributed by atoms with Crippen molar-refractivity contribution in [2.75, 3.05) is 19.6 Å². The lowest BCUT2D eigenvalue weighted by Crippen LogP contribution is -2.59. The van der Waals surface area contributed by atoms with Crippen molar-refractivity contribution in [1.29, 1.82) is 0 Å². The third-order valence-electron chi connectivity index (χ3n) is 6.12. The highest BCUT2D eigenvalue weighted by Gasteiger charge is 2.44. The van der Waals surface area contributed by atoms with Gasteiger partial charge in [-0.2, -0.15) is 8.61 Å². The number of benzene rings is 2. The molecule has 1 unspecified atom stereocenters. The Kier molecular flexibility index (Phi) is 6.47. The van der Waals surface area contributed by atoms with Crippen LogP contribution in [0.15, 0.2) is 70.6 Å². The van der Waals surface area contributed by atoms with E-state index in [2.05, 4.69) is 4.98 Å². The zero-order valence-corrected chi connectivity index (χ0v) is 21.3. The smallest absolute Gasteiger partial charge is 0.323 e. The monoisotopic (exact) mass is 517 g/mol. The molecule has 2 aromatic carbocycles. The molecule has 1 atom stereocenters. The van der Waals surface area contributed by atoms with Gasteiger partial charge < -0.3 is 5.11 Å². The van der Waals surface area contributed by atoms with E-state index >= 15 is 0 Å². The summed E-state index contributed by atoms with van der Waals surface area (Å²) in [6.07, 6.45) is 1.46. The van der Waals surface area contributed by atoms with Crippen molar-refractivity contribution in [1.82, 2.24) is 13.6 Å². The van der Waals surface area contributed by atoms with E-state index in [1.807, 2.05) is 20.8 Å². The molecule has 0 saturated carbocycles. The van der Waals surface area contributed by atoms with Crippen LogP contribution < -0.4 is 0 Å². The van der Waals surface area contributed by atoms with E-state index in [1.54, 1.807) is 36.4 Å². The number of rotatable bonds is 5. The van der Waals surface area contributed by atoms with Crippen LogP contribution in [0.2, 0.25) is 0 Å². The van der Waals surface area contributed by atoms with Crippen LogP contribution in [-0.2, 0) is 30.3 Å². The van der Waals surface area contributed by atoms with Gasteiger partial charge in [-0.15, -0.1) is 0 Å². The summed E-state index contributed by atoms with van der Waals surface area (Å²) in [4.78, 5) is 16.2. The first-order valence-electron chi connectivity index (χ1n) is 11.0. The summed E-state index contributed by atoms with van der Waals surface area (Å²) in [5, 5.41) is 10.5. The Morgan fingerprint density at radius 1 is 0.943 bits per heavy atom. The molecule has 1 aromatic heterocycles. The Labute approximate surface area is 205 Å². The van der Waals surface area contributed by atoms with Gasteiger partial charge in [0.05, 0.1) is 10.4 Å². The second-order valence-corrected chi connectivity index (χ2v) is 13.2. The molecule has 1 aliphatic heterocycles. The number of carbonyl (C=O) groups is 1. The first kappa shape index (κ1) is 25.2. The van der Waals surface area contributed by atoms with E-state index in [1.165, 1.54) is 24.4 Å². The minimum atomic E-state index is -4.27. The van der Waals surface area contributed by atoms with Gasteiger partial charge in [0.1, 0.15) is 10.9 Å². The van der Waals surface area contributed by atoms with Crippen LogP contribution in [0, 0.1) is 0 Å². The number of pyridine rings is 1. The van der Waals surface area contributed by atoms with Crippen molar-refractivity contribution >= 4 is 36.9 Å². The molecule has 9 nitrogen and oxygen atoms in total. The fourth-order valence-electron chi connectivity index (χ4n) is 4.14. The molecule has 0 aliphatic carbocycles. The summed E-state index contributed by atoms with van der Waals surface area (Å²) in [5.74, 6) is -1.43. The molecular formula is C24H27N3O6S2. The number of para-hydroxylation sites is 1. The van der Waals surface area contributed by atoms with Gasteiger partial charge in [0.15, 0.2) is 0 Å². The molecule has 1 aliphatic rings. The SMILES string of the molecule is CC(C)(C)c1ccc(S(=O)(=O)N2CCN(S(=O)(=O)c3cccc4cccnc34)C(C(=O)O)C2)cc1. The van der Waals surface area contributed by atoms with Crippen LogP contribution in [0.25, 0.3) is 10.9 Å². The largest absolute Gasteiger partial charge is 0.480 e. The Hall–Kier alpha value is -2.86. The standard InChI is InChI=1S/C24H27N3O6S2/c1-24(2,3)18-9-11-19(12-10-18)34(30,31)26-14-15-27(20(16-26)23(28)29)35(32,33)21-8-4-6-17-7-5-13-25-22(17)21/h4-13,20H,14-16H2,1-3H3,(H,28,29). The number of sulfonamides is 2. The molecule has 0 spiro atoms. The van der Waals surface area contributed by atoms with E-state index in [0.29, 0.717) is 5.39 Å². The molecule has 0 radical (unpaired) electrons. The maximum absolute atomic E-state index is 13.5. The van der Waals surface area contributed by atoms with Gasteiger partial charge in [0.2, 0.25) is 20.0 Å². The number of carboxylic acid groups (broad SMARTS) is 1. The molecule has 1 saturated heterocycles. The Morgan fingerprint density at radius 3 is 2.23 bits per heavy atom. The van der Waals surface area contributed by atoms with Gasteiger partial charge in [-0.3, -0.25) is 9.78 Å². The third kappa shape index (κ3) is 4.68. The predicted octanol–water partition coefficient (Wildman–Crippen LogP) is 2.68. The molecule has 11 heteroatoms. The molecular weight excluding hydrogens is 490 g/mol. The van der Waals surface area contributed by atoms with E-state index in [-0.39, 0.29) is 33.8 Å². The quantitative estimate of drug-likeness (QED) is 0.552. The van der Waals surface area contributed by atoms with Gasteiger partial charge in [-0.1, -0.05) is 51.1 Å². The van der Waals surface area contributed by atoms with Crippen molar-refractivity contribution < 1.29 is 26.7 Å². The molecule has 1 fully saturated rings. The number of aliphatic carboxylic acids is 1. The molecule has 0 amide bonds. The molecule has 35 heavy (non-hydrogen) atoms. The zero-order chi connectivity index (χ0) is 25.6. The molecule has 1 N–H and O–H groups in total. The van der Waals surface area contributed by atoms with Gasteiger partial charge in [-0.05, 0) is 35.2 Å². The van der Waals surface area contributed by atoms with Crippen molar-refractivity contribution in [2.45, 2.75) is 42.0 Å². The van der Waals surface area contributed by atoms with Gasteiger partial charge in [0.25, 0.3) is 0 Å². The summed E-state index contributed by atoms with van der Waals surface area (Å²) in [6.45, 7) is 5.06. The number of aromatic nitrogens is 1. The van der Waals surface area contributed by atoms with Crippen molar-refractivity contribution in [3.63, 3.8) is 0 Å². The minimum absolute atomic E-state index is 0.0317. The summed E-state index contributed by atoms with van der Waals surface area (Å²) in [7, 11) is -8.29. The lowest BCUT2D eigenvalue weighted by molar-refractivity contribution is -0.142. The van der Waals surface area contributed by atoms with E-state index in [4.69, 9.17) is 0 Å². The topological polar surface area (TPSA) is 125 Å². The Morgan fingerprint density at radius 2 is 1.60 bits per heavy atom. The number of piperazine rings is 1. The highest BCUT2D eigenvalue weighted by atomic mass is 32.2. The number of hydrogen-bond donors (Lipinski definition) is 1. The van der Waals surface area contributed by atoms with Gasteiger partial charge in [-0.25, -0.2) is 16.8 Å². The predicted molar refractivity (Wildman–Crippen MR) is 131 cm³/mol. The second kappa shape index (κ2) is 8.98. The molecule has 4 rings (SSSR count). The van der Waals surface area contributed by atoms with Gasteiger partial charge in [0, 0.05) is 31.2 Å². The Balaban J connectivity index is 1.66. The Bertz CT molecular complexity index is 1470. The molecule has 2 heterocycles. The summed E-state index contributed by atoms with van der Waals surface area (Å²) >= 11 is 0. The van der Waals surface area contributed by atoms with Crippen LogP contribution in [0.5, 0.6) is 0 Å². The fraction of sp³-hybridized carbons (Fsp3) is 0.333. The van der Waals surface area contributed by atoms with Crippen LogP contribution in [-0.4, -0.2) is 67.2 Å². The number of nitrogens with zero attached hydrogens (tertiary/aromatic N) is 3. The van der Waals surface area contributed by atoms with Crippen LogP contribution in [0.1, 0.15) is 26.3 Å². The van der Waals surface area contributed by atoms with E-state index < -0.39 is 38.6 Å². The first-order valence-corrected chi connectivity index (χ1v) is 13.9. The average molecular weight is 518 g/mol. The van der Waals surface area contributed by atoms with Crippen molar-refractivity contribution in [3.05, 3.63) is 66.4 Å². The van der Waals surface area contributed by atoms with Gasteiger partial charge >= 0.3 is 5.97 Å². The highest BCUT2D eigenvalue weighted by molar-refractivity contribution is 7.89. The average Bonchev–Trinajstić information content (AvgIpc) is 2.82. The van der Waals surface area contributed by atoms with E-state index in [0.717, 1.165) is 14.2 Å². The number of carboxylic acids is 1. The summed E-state index contributed by atoms with van der Waals surface area (Å²) in [6, 6.07) is 12.9. The molecule has 186 valence electrons. The van der Waals surface area contributed by atoms with Crippen LogP contribution >= 0.6 is 0 Å². The van der Waals surface area contributed by atoms with Crippen molar-refractivity contribution in [2.24, 2.45) is 0 Å². The lowest BCUT2D eigenvalue weighted by atomic mass is 9.87. The summed E-state index contributed by atoms with van der Waals surface area (Å²) < 4.78 is 55.5. The third-order valence-corrected chi connectivity index (χ3v) is 9.94. The highest BCUT2D eigenvalue weighted by Crippen LogP contribution is 2.30. The number of fused-ring (bicyclic) bond motifs is 1. The second-order valence-electron chi connectivity index (χ2n) is 9.44. The van der Waals surface area contributed by atoms with Crippen molar-refractivity contribution in [3.8, 4) is 0 Å². The first-order chi connectivity index (χ1) is 16.3.